The highest BCUT2D eigenvalue weighted by atomic mass is 79.9. The van der Waals surface area contributed by atoms with Gasteiger partial charge in [-0.25, -0.2) is 0 Å². The third kappa shape index (κ3) is 8.20. The molecule has 0 radical (unpaired) electrons. The van der Waals surface area contributed by atoms with Crippen LogP contribution in [0.1, 0.15) is 12.8 Å². The van der Waals surface area contributed by atoms with Gasteiger partial charge in [-0.2, -0.15) is 0 Å². The quantitative estimate of drug-likeness (QED) is 0.560. The number of nitrogens with one attached hydrogen (secondary N) is 1. The van der Waals surface area contributed by atoms with E-state index in [1.807, 2.05) is 0 Å². The monoisotopic (exact) mass is 255 g/mol. The first-order chi connectivity index (χ1) is 5.66. The largest absolute Gasteiger partial charge is 0.356 e. The lowest BCUT2D eigenvalue weighted by atomic mass is 10.4. The number of carbonyl (C=O) groups excluding carboxylic acids is 1. The Kier molecular flexibility index (Phi) is 7.80. The molecule has 0 aliphatic carbocycles. The number of hydrogen-bond donors (Lipinski definition) is 1. The van der Waals surface area contributed by atoms with Crippen LogP contribution < -0.4 is 5.32 Å². The molecule has 1 unspecified atom stereocenters. The number of alkyl halides is 1. The van der Waals surface area contributed by atoms with E-state index in [9.17, 15) is 9.00 Å². The molecule has 0 rings (SSSR count). The van der Waals surface area contributed by atoms with Gasteiger partial charge in [0.2, 0.25) is 5.91 Å². The van der Waals surface area contributed by atoms with Gasteiger partial charge < -0.3 is 5.32 Å². The van der Waals surface area contributed by atoms with Crippen LogP contribution in [-0.4, -0.2) is 34.0 Å². The molecular weight excluding hydrogens is 242 g/mol. The Bertz CT molecular complexity index is 163. The molecule has 0 aliphatic heterocycles. The summed E-state index contributed by atoms with van der Waals surface area (Å²) in [6.07, 6.45) is 2.96. The number of rotatable bonds is 6. The van der Waals surface area contributed by atoms with Crippen LogP contribution in [0.3, 0.4) is 0 Å². The van der Waals surface area contributed by atoms with Crippen LogP contribution in [0.5, 0.6) is 0 Å². The fourth-order valence-corrected chi connectivity index (χ4v) is 1.59. The van der Waals surface area contributed by atoms with Gasteiger partial charge >= 0.3 is 0 Å². The minimum Gasteiger partial charge on any atom is -0.356 e. The molecule has 0 aliphatic rings. The number of hydrogen-bond acceptors (Lipinski definition) is 2. The van der Waals surface area contributed by atoms with Crippen LogP contribution >= 0.6 is 15.9 Å². The second kappa shape index (κ2) is 7.73. The van der Waals surface area contributed by atoms with E-state index < -0.39 is 10.8 Å². The molecule has 0 saturated heterocycles. The van der Waals surface area contributed by atoms with E-state index in [0.29, 0.717) is 24.0 Å². The van der Waals surface area contributed by atoms with E-state index in [1.165, 1.54) is 0 Å². The van der Waals surface area contributed by atoms with E-state index >= 15 is 0 Å². The Balaban J connectivity index is 3.19. The second-order valence-corrected chi connectivity index (χ2v) is 4.77. The molecular formula is C7H14BrNO2S. The van der Waals surface area contributed by atoms with Crippen molar-refractivity contribution < 1.29 is 9.00 Å². The van der Waals surface area contributed by atoms with Crippen LogP contribution in [0.15, 0.2) is 0 Å². The first-order valence-electron chi connectivity index (χ1n) is 3.79. The fraction of sp³-hybridized carbons (Fsp3) is 0.857. The Morgan fingerprint density at radius 3 is 2.75 bits per heavy atom. The lowest BCUT2D eigenvalue weighted by Crippen LogP contribution is -2.25. The van der Waals surface area contributed by atoms with E-state index in [4.69, 9.17) is 0 Å². The van der Waals surface area contributed by atoms with Crippen molar-refractivity contribution in [3.8, 4) is 0 Å². The van der Waals surface area contributed by atoms with Gasteiger partial charge in [-0.15, -0.1) is 0 Å². The highest BCUT2D eigenvalue weighted by molar-refractivity contribution is 9.09. The maximum atomic E-state index is 10.9. The predicted octanol–water partition coefficient (Wildman–Crippen LogP) is 0.656. The van der Waals surface area contributed by atoms with Crippen molar-refractivity contribution >= 4 is 32.6 Å². The molecule has 0 fully saturated rings. The topological polar surface area (TPSA) is 46.2 Å². The normalized spacial score (nSPS) is 12.5. The number of amides is 1. The molecule has 0 aromatic heterocycles. The van der Waals surface area contributed by atoms with Gasteiger partial charge in [0.1, 0.15) is 0 Å². The Labute approximate surface area is 83.9 Å². The number of carbonyl (C=O) groups is 1. The molecule has 1 N–H and O–H groups in total. The summed E-state index contributed by atoms with van der Waals surface area (Å²) in [6, 6.07) is 0. The van der Waals surface area contributed by atoms with Gasteiger partial charge in [0.05, 0.1) is 0 Å². The highest BCUT2D eigenvalue weighted by Crippen LogP contribution is 1.87. The maximum absolute atomic E-state index is 10.9. The maximum Gasteiger partial charge on any atom is 0.220 e. The van der Waals surface area contributed by atoms with Crippen molar-refractivity contribution in [1.29, 1.82) is 0 Å². The summed E-state index contributed by atoms with van der Waals surface area (Å²) < 4.78 is 10.6. The van der Waals surface area contributed by atoms with Gasteiger partial charge in [0.25, 0.3) is 0 Å². The van der Waals surface area contributed by atoms with Crippen LogP contribution in [0.25, 0.3) is 0 Å². The summed E-state index contributed by atoms with van der Waals surface area (Å²) in [7, 11) is -0.745. The average molecular weight is 256 g/mol. The fourth-order valence-electron chi connectivity index (χ4n) is 0.677. The van der Waals surface area contributed by atoms with Crippen molar-refractivity contribution in [3.63, 3.8) is 0 Å². The molecule has 0 bridgehead atoms. The lowest BCUT2D eigenvalue weighted by molar-refractivity contribution is -0.120. The molecule has 0 aromatic carbocycles. The predicted molar refractivity (Wildman–Crippen MR) is 55.0 cm³/mol. The van der Waals surface area contributed by atoms with E-state index in [-0.39, 0.29) is 5.91 Å². The first-order valence-corrected chi connectivity index (χ1v) is 6.64. The van der Waals surface area contributed by atoms with Crippen molar-refractivity contribution in [2.75, 3.05) is 23.9 Å². The van der Waals surface area contributed by atoms with Crippen LogP contribution in [-0.2, 0) is 15.6 Å². The summed E-state index contributed by atoms with van der Waals surface area (Å²) in [6.45, 7) is 0.630. The van der Waals surface area contributed by atoms with E-state index in [0.717, 1.165) is 6.42 Å². The first kappa shape index (κ1) is 12.1. The molecule has 1 atom stereocenters. The molecule has 0 aromatic rings. The molecule has 3 nitrogen and oxygen atoms in total. The van der Waals surface area contributed by atoms with Gasteiger partial charge in [0.15, 0.2) is 0 Å². The molecule has 0 heterocycles. The zero-order chi connectivity index (χ0) is 9.40. The van der Waals surface area contributed by atoms with Crippen LogP contribution in [0.2, 0.25) is 0 Å². The molecule has 0 saturated carbocycles. The summed E-state index contributed by atoms with van der Waals surface area (Å²) in [4.78, 5) is 10.9. The highest BCUT2D eigenvalue weighted by Gasteiger charge is 1.98. The third-order valence-corrected chi connectivity index (χ3v) is 2.51. The van der Waals surface area contributed by atoms with Gasteiger partial charge in [-0.1, -0.05) is 15.9 Å². The molecule has 12 heavy (non-hydrogen) atoms. The van der Waals surface area contributed by atoms with E-state index in [1.54, 1.807) is 6.26 Å². The van der Waals surface area contributed by atoms with Gasteiger partial charge in [0, 0.05) is 41.1 Å². The Morgan fingerprint density at radius 2 is 2.25 bits per heavy atom. The summed E-state index contributed by atoms with van der Waals surface area (Å²) in [5.41, 5.74) is 0. The summed E-state index contributed by atoms with van der Waals surface area (Å²) in [5, 5.41) is 3.43. The van der Waals surface area contributed by atoms with Crippen molar-refractivity contribution in [2.24, 2.45) is 0 Å². The standard InChI is InChI=1S/C7H14BrNO2S/c1-12(11)6-2-5-9-7(10)3-4-8/h2-6H2,1H3,(H,9,10). The van der Waals surface area contributed by atoms with Crippen LogP contribution in [0, 0.1) is 0 Å². The Morgan fingerprint density at radius 1 is 1.58 bits per heavy atom. The molecule has 0 spiro atoms. The summed E-state index contributed by atoms with van der Waals surface area (Å²) in [5.74, 6) is 0.711. The minimum atomic E-state index is -0.745. The molecule has 1 amide bonds. The number of halogens is 1. The van der Waals surface area contributed by atoms with Crippen LogP contribution in [0.4, 0.5) is 0 Å². The molecule has 5 heteroatoms. The Hall–Kier alpha value is 0.1000. The molecule has 72 valence electrons. The minimum absolute atomic E-state index is 0.0498. The van der Waals surface area contributed by atoms with Crippen molar-refractivity contribution in [1.82, 2.24) is 5.32 Å². The zero-order valence-corrected chi connectivity index (χ0v) is 9.54. The van der Waals surface area contributed by atoms with Gasteiger partial charge in [-0.3, -0.25) is 9.00 Å². The van der Waals surface area contributed by atoms with Gasteiger partial charge in [-0.05, 0) is 6.42 Å². The summed E-state index contributed by atoms with van der Waals surface area (Å²) >= 11 is 3.17. The van der Waals surface area contributed by atoms with Crippen molar-refractivity contribution in [3.05, 3.63) is 0 Å². The SMILES string of the molecule is CS(=O)CCCNC(=O)CCBr. The zero-order valence-electron chi connectivity index (χ0n) is 7.14. The smallest absolute Gasteiger partial charge is 0.220 e. The van der Waals surface area contributed by atoms with Crippen molar-refractivity contribution in [2.45, 2.75) is 12.8 Å². The lowest BCUT2D eigenvalue weighted by Gasteiger charge is -2.01. The third-order valence-electron chi connectivity index (χ3n) is 1.25. The second-order valence-electron chi connectivity index (χ2n) is 2.42. The average Bonchev–Trinajstić information content (AvgIpc) is 1.98. The van der Waals surface area contributed by atoms with E-state index in [2.05, 4.69) is 21.2 Å².